The fourth-order valence-electron chi connectivity index (χ4n) is 4.74. The van der Waals surface area contributed by atoms with Gasteiger partial charge in [-0.2, -0.15) is 0 Å². The second-order valence-electron chi connectivity index (χ2n) is 8.04. The summed E-state index contributed by atoms with van der Waals surface area (Å²) in [6.45, 7) is 3.71. The Kier molecular flexibility index (Phi) is 3.67. The highest BCUT2D eigenvalue weighted by Gasteiger charge is 2.47. The Morgan fingerprint density at radius 2 is 1.81 bits per heavy atom. The number of likely N-dealkylation sites (N-methyl/N-ethyl adjacent to an activating group) is 1. The first kappa shape index (κ1) is 16.1. The van der Waals surface area contributed by atoms with Gasteiger partial charge in [0, 0.05) is 32.1 Å². The maximum Gasteiger partial charge on any atom is 0.225 e. The summed E-state index contributed by atoms with van der Waals surface area (Å²) < 4.78 is 2.41. The zero-order chi connectivity index (χ0) is 17.7. The van der Waals surface area contributed by atoms with E-state index in [-0.39, 0.29) is 5.54 Å². The molecule has 0 radical (unpaired) electrons. The lowest BCUT2D eigenvalue weighted by molar-refractivity contribution is -0.135. The van der Waals surface area contributed by atoms with Crippen molar-refractivity contribution >= 4 is 5.91 Å². The Balaban J connectivity index is 1.46. The normalized spacial score (nSPS) is 22.4. The molecule has 0 unspecified atom stereocenters. The number of carbonyl (C=O) groups is 1. The van der Waals surface area contributed by atoms with Gasteiger partial charge in [0.25, 0.3) is 0 Å². The van der Waals surface area contributed by atoms with Crippen molar-refractivity contribution in [2.45, 2.75) is 37.8 Å². The molecule has 0 N–H and O–H groups in total. The average Bonchev–Trinajstić information content (AvgIpc) is 3.44. The third-order valence-corrected chi connectivity index (χ3v) is 6.56. The summed E-state index contributed by atoms with van der Waals surface area (Å²) in [4.78, 5) is 21.9. The Morgan fingerprint density at radius 3 is 2.50 bits per heavy atom. The number of hydrogen-bond donors (Lipinski definition) is 0. The number of imidazole rings is 1. The van der Waals surface area contributed by atoms with E-state index in [1.165, 1.54) is 17.1 Å². The smallest absolute Gasteiger partial charge is 0.225 e. The monoisotopic (exact) mass is 350 g/mol. The van der Waals surface area contributed by atoms with Crippen molar-refractivity contribution in [2.75, 3.05) is 26.7 Å². The van der Waals surface area contributed by atoms with E-state index in [4.69, 9.17) is 4.98 Å². The van der Waals surface area contributed by atoms with Crippen molar-refractivity contribution in [3.63, 3.8) is 0 Å². The first-order valence-corrected chi connectivity index (χ1v) is 9.80. The van der Waals surface area contributed by atoms with Gasteiger partial charge in [-0.25, -0.2) is 4.98 Å². The predicted octanol–water partition coefficient (Wildman–Crippen LogP) is 2.72. The molecule has 5 heteroatoms. The zero-order valence-corrected chi connectivity index (χ0v) is 15.4. The van der Waals surface area contributed by atoms with Gasteiger partial charge >= 0.3 is 0 Å². The topological polar surface area (TPSA) is 41.4 Å². The van der Waals surface area contributed by atoms with E-state index in [2.05, 4.69) is 51.7 Å². The number of likely N-dealkylation sites (tertiary alicyclic amines) is 1. The summed E-state index contributed by atoms with van der Waals surface area (Å²) in [7, 11) is 2.22. The van der Waals surface area contributed by atoms with E-state index in [0.717, 1.165) is 51.9 Å². The van der Waals surface area contributed by atoms with Gasteiger partial charge in [0.2, 0.25) is 5.91 Å². The Morgan fingerprint density at radius 1 is 1.08 bits per heavy atom. The standard InChI is InChI=1S/C21H26N4O/c1-23-13-14-25-18(16-5-3-2-4-6-16)15-22-20(25)21(23)9-11-24(12-10-21)19(26)17-7-8-17/h2-6,15,17H,7-14H2,1H3. The number of piperidine rings is 1. The summed E-state index contributed by atoms with van der Waals surface area (Å²) in [6, 6.07) is 10.5. The molecule has 5 nitrogen and oxygen atoms in total. The van der Waals surface area contributed by atoms with Crippen LogP contribution in [0.1, 0.15) is 31.5 Å². The van der Waals surface area contributed by atoms with E-state index in [1.807, 2.05) is 6.20 Å². The fourth-order valence-corrected chi connectivity index (χ4v) is 4.74. The second-order valence-corrected chi connectivity index (χ2v) is 8.04. The van der Waals surface area contributed by atoms with Crippen LogP contribution in [-0.2, 0) is 16.9 Å². The molecule has 1 aromatic carbocycles. The fraction of sp³-hybridized carbons (Fsp3) is 0.524. The largest absolute Gasteiger partial charge is 0.342 e. The van der Waals surface area contributed by atoms with E-state index in [9.17, 15) is 4.79 Å². The molecule has 1 aliphatic carbocycles. The summed E-state index contributed by atoms with van der Waals surface area (Å²) in [6.07, 6.45) is 6.17. The molecule has 2 aliphatic heterocycles. The number of amides is 1. The third-order valence-electron chi connectivity index (χ3n) is 6.56. The lowest BCUT2D eigenvalue weighted by Crippen LogP contribution is -2.57. The molecule has 1 aromatic heterocycles. The summed E-state index contributed by atoms with van der Waals surface area (Å²) >= 11 is 0. The van der Waals surface area contributed by atoms with Gasteiger partial charge in [0.05, 0.1) is 17.4 Å². The van der Waals surface area contributed by atoms with Crippen LogP contribution in [0.3, 0.4) is 0 Å². The number of nitrogens with zero attached hydrogens (tertiary/aromatic N) is 4. The maximum atomic E-state index is 12.4. The van der Waals surface area contributed by atoms with Crippen LogP contribution in [0.15, 0.2) is 36.5 Å². The summed E-state index contributed by atoms with van der Waals surface area (Å²) in [5, 5.41) is 0. The van der Waals surface area contributed by atoms with Crippen LogP contribution in [0.5, 0.6) is 0 Å². The van der Waals surface area contributed by atoms with Gasteiger partial charge in [-0.05, 0) is 38.3 Å². The van der Waals surface area contributed by atoms with Gasteiger partial charge in [0.1, 0.15) is 5.82 Å². The Hall–Kier alpha value is -2.14. The minimum absolute atomic E-state index is 0.0361. The molecule has 3 aliphatic rings. The molecule has 26 heavy (non-hydrogen) atoms. The van der Waals surface area contributed by atoms with E-state index < -0.39 is 0 Å². The van der Waals surface area contributed by atoms with Gasteiger partial charge < -0.3 is 9.47 Å². The van der Waals surface area contributed by atoms with Gasteiger partial charge in [-0.15, -0.1) is 0 Å². The van der Waals surface area contributed by atoms with Crippen LogP contribution in [0, 0.1) is 5.92 Å². The van der Waals surface area contributed by atoms with E-state index in [0.29, 0.717) is 11.8 Å². The molecular formula is C21H26N4O. The molecule has 2 aromatic rings. The highest BCUT2D eigenvalue weighted by molar-refractivity contribution is 5.81. The molecule has 1 saturated heterocycles. The highest BCUT2D eigenvalue weighted by atomic mass is 16.2. The van der Waals surface area contributed by atoms with Crippen LogP contribution in [0.2, 0.25) is 0 Å². The minimum atomic E-state index is -0.0361. The SMILES string of the molecule is CN1CCn2c(-c3ccccc3)cnc2C12CCN(C(=O)C1CC1)CC2. The predicted molar refractivity (Wildman–Crippen MR) is 101 cm³/mol. The van der Waals surface area contributed by atoms with Crippen molar-refractivity contribution in [3.05, 3.63) is 42.4 Å². The Bertz CT molecular complexity index is 816. The number of hydrogen-bond acceptors (Lipinski definition) is 3. The molecule has 3 heterocycles. The van der Waals surface area contributed by atoms with Crippen LogP contribution in [0.25, 0.3) is 11.3 Å². The number of carbonyl (C=O) groups excluding carboxylic acids is 1. The van der Waals surface area contributed by atoms with Crippen LogP contribution < -0.4 is 0 Å². The van der Waals surface area contributed by atoms with Crippen LogP contribution in [0.4, 0.5) is 0 Å². The summed E-state index contributed by atoms with van der Waals surface area (Å²) in [5.74, 6) is 1.88. The molecule has 1 amide bonds. The first-order chi connectivity index (χ1) is 12.7. The average molecular weight is 350 g/mol. The number of fused-ring (bicyclic) bond motifs is 2. The van der Waals surface area contributed by atoms with E-state index in [1.54, 1.807) is 0 Å². The molecule has 1 spiro atoms. The number of rotatable bonds is 2. The molecular weight excluding hydrogens is 324 g/mol. The van der Waals surface area contributed by atoms with Gasteiger partial charge in [-0.3, -0.25) is 9.69 Å². The molecule has 0 atom stereocenters. The molecule has 0 bridgehead atoms. The molecule has 1 saturated carbocycles. The summed E-state index contributed by atoms with van der Waals surface area (Å²) in [5.41, 5.74) is 2.41. The highest BCUT2D eigenvalue weighted by Crippen LogP contribution is 2.42. The van der Waals surface area contributed by atoms with Crippen LogP contribution >= 0.6 is 0 Å². The number of benzene rings is 1. The van der Waals surface area contributed by atoms with Crippen molar-refractivity contribution in [3.8, 4) is 11.3 Å². The van der Waals surface area contributed by atoms with Crippen molar-refractivity contribution in [1.82, 2.24) is 19.4 Å². The quantitative estimate of drug-likeness (QED) is 0.836. The third kappa shape index (κ3) is 2.41. The maximum absolute atomic E-state index is 12.4. The number of aromatic nitrogens is 2. The van der Waals surface area contributed by atoms with E-state index >= 15 is 0 Å². The lowest BCUT2D eigenvalue weighted by Gasteiger charge is -2.49. The first-order valence-electron chi connectivity index (χ1n) is 9.80. The van der Waals surface area contributed by atoms with Crippen molar-refractivity contribution in [1.29, 1.82) is 0 Å². The molecule has 5 rings (SSSR count). The van der Waals surface area contributed by atoms with Gasteiger partial charge in [-0.1, -0.05) is 30.3 Å². The second kappa shape index (κ2) is 5.95. The lowest BCUT2D eigenvalue weighted by atomic mass is 9.83. The Labute approximate surface area is 154 Å². The van der Waals surface area contributed by atoms with Gasteiger partial charge in [0.15, 0.2) is 0 Å². The van der Waals surface area contributed by atoms with Crippen molar-refractivity contribution < 1.29 is 4.79 Å². The van der Waals surface area contributed by atoms with Crippen molar-refractivity contribution in [2.24, 2.45) is 5.92 Å². The molecule has 2 fully saturated rings. The minimum Gasteiger partial charge on any atom is -0.342 e. The molecule has 136 valence electrons. The zero-order valence-electron chi connectivity index (χ0n) is 15.4. The van der Waals surface area contributed by atoms with Crippen LogP contribution in [-0.4, -0.2) is 51.9 Å².